The molecule has 0 heterocycles. The first-order valence-electron chi connectivity index (χ1n) is 7.88. The van der Waals surface area contributed by atoms with Crippen LogP contribution in [0.3, 0.4) is 0 Å². The van der Waals surface area contributed by atoms with Crippen LogP contribution in [0.2, 0.25) is 0 Å². The van der Waals surface area contributed by atoms with Crippen LogP contribution in [0.25, 0.3) is 0 Å². The molecular weight excluding hydrogens is 266 g/mol. The number of rotatable bonds is 11. The number of benzene rings is 1. The number of carbonyl (C=O) groups is 1. The van der Waals surface area contributed by atoms with Gasteiger partial charge in [0.2, 0.25) is 0 Å². The van der Waals surface area contributed by atoms with E-state index in [1.165, 1.54) is 44.1 Å². The molecule has 0 radical (unpaired) electrons. The van der Waals surface area contributed by atoms with Crippen molar-refractivity contribution in [3.05, 3.63) is 29.8 Å². The molecule has 21 heavy (non-hydrogen) atoms. The largest absolute Gasteiger partial charge is 0.505 e. The summed E-state index contributed by atoms with van der Waals surface area (Å²) in [5.74, 6) is 0. The van der Waals surface area contributed by atoms with Gasteiger partial charge in [0.25, 0.3) is 0 Å². The van der Waals surface area contributed by atoms with Crippen molar-refractivity contribution in [2.75, 3.05) is 12.3 Å². The molecule has 0 bridgehead atoms. The molecule has 118 valence electrons. The standard InChI is InChI=1S/C17H27NO3/c18-16-12-10-15(11-13-16)9-7-5-3-1-2-4-6-8-14-21-17(19)20/h10-13H,1-9,14,18H2,(H,19,20). The van der Waals surface area contributed by atoms with Crippen LogP contribution in [0.15, 0.2) is 24.3 Å². The third kappa shape index (κ3) is 9.77. The van der Waals surface area contributed by atoms with Gasteiger partial charge < -0.3 is 15.6 Å². The molecule has 0 aliphatic rings. The molecule has 0 aliphatic heterocycles. The lowest BCUT2D eigenvalue weighted by Crippen LogP contribution is -2.01. The molecule has 0 amide bonds. The Morgan fingerprint density at radius 1 is 0.905 bits per heavy atom. The van der Waals surface area contributed by atoms with Crippen LogP contribution in [-0.4, -0.2) is 17.9 Å². The molecule has 0 aliphatic carbocycles. The molecule has 4 nitrogen and oxygen atoms in total. The summed E-state index contributed by atoms with van der Waals surface area (Å²) in [5.41, 5.74) is 7.85. The zero-order chi connectivity index (χ0) is 15.3. The molecule has 3 N–H and O–H groups in total. The minimum Gasteiger partial charge on any atom is -0.450 e. The normalized spacial score (nSPS) is 10.5. The van der Waals surface area contributed by atoms with Gasteiger partial charge in [-0.2, -0.15) is 0 Å². The van der Waals surface area contributed by atoms with Gasteiger partial charge in [0.15, 0.2) is 0 Å². The Bertz CT molecular complexity index is 390. The highest BCUT2D eigenvalue weighted by Gasteiger charge is 1.97. The molecule has 1 aromatic carbocycles. The molecule has 4 heteroatoms. The van der Waals surface area contributed by atoms with Gasteiger partial charge in [0.1, 0.15) is 0 Å². The fourth-order valence-corrected chi connectivity index (χ4v) is 2.34. The topological polar surface area (TPSA) is 72.5 Å². The SMILES string of the molecule is Nc1ccc(CCCCCCCCCCOC(=O)O)cc1. The van der Waals surface area contributed by atoms with E-state index in [0.29, 0.717) is 6.61 Å². The van der Waals surface area contributed by atoms with Crippen molar-refractivity contribution >= 4 is 11.8 Å². The Morgan fingerprint density at radius 2 is 1.43 bits per heavy atom. The van der Waals surface area contributed by atoms with Crippen molar-refractivity contribution in [3.63, 3.8) is 0 Å². The predicted molar refractivity (Wildman–Crippen MR) is 85.5 cm³/mol. The first-order valence-corrected chi connectivity index (χ1v) is 7.88. The summed E-state index contributed by atoms with van der Waals surface area (Å²) in [5, 5.41) is 8.30. The number of hydrogen-bond acceptors (Lipinski definition) is 3. The van der Waals surface area contributed by atoms with Crippen molar-refractivity contribution in [3.8, 4) is 0 Å². The quantitative estimate of drug-likeness (QED) is 0.354. The Labute approximate surface area is 127 Å². The van der Waals surface area contributed by atoms with Gasteiger partial charge in [0.05, 0.1) is 6.61 Å². The highest BCUT2D eigenvalue weighted by atomic mass is 16.7. The third-order valence-corrected chi connectivity index (χ3v) is 3.57. The molecular formula is C17H27NO3. The fourth-order valence-electron chi connectivity index (χ4n) is 2.34. The second-order valence-electron chi connectivity index (χ2n) is 5.43. The lowest BCUT2D eigenvalue weighted by molar-refractivity contribution is 0.0899. The number of aryl methyl sites for hydroxylation is 1. The summed E-state index contributed by atoms with van der Waals surface area (Å²) in [6, 6.07) is 8.13. The van der Waals surface area contributed by atoms with Gasteiger partial charge >= 0.3 is 6.16 Å². The van der Waals surface area contributed by atoms with E-state index >= 15 is 0 Å². The van der Waals surface area contributed by atoms with E-state index in [4.69, 9.17) is 10.8 Å². The number of hydrogen-bond donors (Lipinski definition) is 2. The van der Waals surface area contributed by atoms with E-state index in [1.54, 1.807) is 0 Å². The van der Waals surface area contributed by atoms with E-state index < -0.39 is 6.16 Å². The molecule has 0 atom stereocenters. The molecule has 1 aromatic rings. The third-order valence-electron chi connectivity index (χ3n) is 3.57. The minimum atomic E-state index is -1.17. The Balaban J connectivity index is 1.84. The first kappa shape index (κ1) is 17.3. The predicted octanol–water partition coefficient (Wildman–Crippen LogP) is 4.63. The van der Waals surface area contributed by atoms with Crippen molar-refractivity contribution < 1.29 is 14.6 Å². The molecule has 0 unspecified atom stereocenters. The summed E-state index contributed by atoms with van der Waals surface area (Å²) in [6.07, 6.45) is 9.30. The number of unbranched alkanes of at least 4 members (excludes halogenated alkanes) is 7. The van der Waals surface area contributed by atoms with Crippen LogP contribution in [0, 0.1) is 0 Å². The summed E-state index contributed by atoms with van der Waals surface area (Å²) in [4.78, 5) is 10.1. The molecule has 0 spiro atoms. The Morgan fingerprint density at radius 3 is 2.00 bits per heavy atom. The van der Waals surface area contributed by atoms with E-state index in [2.05, 4.69) is 16.9 Å². The van der Waals surface area contributed by atoms with Crippen LogP contribution in [-0.2, 0) is 11.2 Å². The maximum atomic E-state index is 10.1. The zero-order valence-corrected chi connectivity index (χ0v) is 12.7. The van der Waals surface area contributed by atoms with Crippen LogP contribution in [0.4, 0.5) is 10.5 Å². The first-order chi connectivity index (χ1) is 10.2. The Kier molecular flexibility index (Phi) is 9.09. The maximum absolute atomic E-state index is 10.1. The van der Waals surface area contributed by atoms with Crippen LogP contribution < -0.4 is 5.73 Å². The van der Waals surface area contributed by atoms with Crippen molar-refractivity contribution in [1.29, 1.82) is 0 Å². The molecule has 1 rings (SSSR count). The van der Waals surface area contributed by atoms with E-state index in [1.807, 2.05) is 12.1 Å². The summed E-state index contributed by atoms with van der Waals surface area (Å²) < 4.78 is 4.46. The number of carboxylic acid groups (broad SMARTS) is 1. The van der Waals surface area contributed by atoms with Crippen molar-refractivity contribution in [2.24, 2.45) is 0 Å². The summed E-state index contributed by atoms with van der Waals surface area (Å²) in [6.45, 7) is 0.330. The highest BCUT2D eigenvalue weighted by Crippen LogP contribution is 2.12. The Hall–Kier alpha value is -1.71. The monoisotopic (exact) mass is 293 g/mol. The van der Waals surface area contributed by atoms with Gasteiger partial charge in [-0.25, -0.2) is 4.79 Å². The average Bonchev–Trinajstić information content (AvgIpc) is 2.46. The maximum Gasteiger partial charge on any atom is 0.505 e. The number of anilines is 1. The van der Waals surface area contributed by atoms with E-state index in [0.717, 1.165) is 24.9 Å². The fraction of sp³-hybridized carbons (Fsp3) is 0.588. The van der Waals surface area contributed by atoms with Gasteiger partial charge in [-0.05, 0) is 37.0 Å². The molecule has 0 saturated heterocycles. The van der Waals surface area contributed by atoms with Crippen LogP contribution >= 0.6 is 0 Å². The number of nitrogen functional groups attached to an aromatic ring is 1. The second-order valence-corrected chi connectivity index (χ2v) is 5.43. The molecule has 0 aromatic heterocycles. The number of ether oxygens (including phenoxy) is 1. The molecule has 0 saturated carbocycles. The summed E-state index contributed by atoms with van der Waals surface area (Å²) >= 11 is 0. The smallest absolute Gasteiger partial charge is 0.450 e. The minimum absolute atomic E-state index is 0.330. The van der Waals surface area contributed by atoms with Crippen molar-refractivity contribution in [1.82, 2.24) is 0 Å². The van der Waals surface area contributed by atoms with E-state index in [9.17, 15) is 4.79 Å². The van der Waals surface area contributed by atoms with Gasteiger partial charge in [0, 0.05) is 5.69 Å². The highest BCUT2D eigenvalue weighted by molar-refractivity contribution is 5.56. The summed E-state index contributed by atoms with van der Waals surface area (Å²) in [7, 11) is 0. The molecule has 0 fully saturated rings. The second kappa shape index (κ2) is 11.0. The van der Waals surface area contributed by atoms with Crippen LogP contribution in [0.1, 0.15) is 56.9 Å². The van der Waals surface area contributed by atoms with E-state index in [-0.39, 0.29) is 0 Å². The number of nitrogens with two attached hydrogens (primary N) is 1. The van der Waals surface area contributed by atoms with Crippen LogP contribution in [0.5, 0.6) is 0 Å². The van der Waals surface area contributed by atoms with Crippen molar-refractivity contribution in [2.45, 2.75) is 57.8 Å². The van der Waals surface area contributed by atoms with Gasteiger partial charge in [-0.1, -0.05) is 50.7 Å². The lowest BCUT2D eigenvalue weighted by Gasteiger charge is -2.04. The van der Waals surface area contributed by atoms with Gasteiger partial charge in [-0.3, -0.25) is 0 Å². The lowest BCUT2D eigenvalue weighted by atomic mass is 10.0. The zero-order valence-electron chi connectivity index (χ0n) is 12.7. The van der Waals surface area contributed by atoms with Gasteiger partial charge in [-0.15, -0.1) is 0 Å². The average molecular weight is 293 g/mol.